The molecule has 2 aromatic heterocycles. The lowest BCUT2D eigenvalue weighted by Crippen LogP contribution is -2.01. The Labute approximate surface area is 110 Å². The molecule has 0 N–H and O–H groups in total. The number of hydrogen-bond acceptors (Lipinski definition) is 2. The lowest BCUT2D eigenvalue weighted by atomic mass is 10.1. The van der Waals surface area contributed by atoms with Gasteiger partial charge in [0.25, 0.3) is 0 Å². The highest BCUT2D eigenvalue weighted by molar-refractivity contribution is 5.68. The van der Waals surface area contributed by atoms with Crippen LogP contribution in [-0.2, 0) is 0 Å². The summed E-state index contributed by atoms with van der Waals surface area (Å²) in [7, 11) is 0. The molecule has 0 unspecified atom stereocenters. The molecule has 0 atom stereocenters. The highest BCUT2D eigenvalue weighted by atomic mass is 19.1. The Balaban J connectivity index is 2.40. The molecule has 3 rings (SSSR count). The fraction of sp³-hybridized carbons (Fsp3) is 0.0769. The van der Waals surface area contributed by atoms with Crippen molar-refractivity contribution in [3.8, 4) is 11.3 Å². The van der Waals surface area contributed by atoms with Crippen LogP contribution in [0.1, 0.15) is 5.56 Å². The van der Waals surface area contributed by atoms with Crippen molar-refractivity contribution in [2.75, 3.05) is 0 Å². The van der Waals surface area contributed by atoms with Crippen LogP contribution in [0.15, 0.2) is 24.7 Å². The van der Waals surface area contributed by atoms with Crippen molar-refractivity contribution in [3.05, 3.63) is 53.5 Å². The Morgan fingerprint density at radius 2 is 1.75 bits per heavy atom. The van der Waals surface area contributed by atoms with E-state index in [2.05, 4.69) is 10.1 Å². The molecular formula is C13H7F4N3. The van der Waals surface area contributed by atoms with Gasteiger partial charge in [0, 0.05) is 17.7 Å². The second kappa shape index (κ2) is 4.29. The van der Waals surface area contributed by atoms with E-state index in [9.17, 15) is 17.6 Å². The predicted molar refractivity (Wildman–Crippen MR) is 63.0 cm³/mol. The van der Waals surface area contributed by atoms with Gasteiger partial charge in [0.15, 0.2) is 5.82 Å². The number of fused-ring (bicyclic) bond motifs is 1. The maximum absolute atomic E-state index is 14.1. The van der Waals surface area contributed by atoms with Crippen LogP contribution in [0.25, 0.3) is 16.8 Å². The van der Waals surface area contributed by atoms with E-state index in [1.54, 1.807) is 0 Å². The number of rotatable bonds is 1. The van der Waals surface area contributed by atoms with Gasteiger partial charge in [-0.15, -0.1) is 0 Å². The van der Waals surface area contributed by atoms with Gasteiger partial charge in [0.1, 0.15) is 29.3 Å². The van der Waals surface area contributed by atoms with Crippen molar-refractivity contribution in [1.82, 2.24) is 14.6 Å². The number of hydrogen-bond donors (Lipinski definition) is 0. The molecule has 0 aliphatic carbocycles. The van der Waals surface area contributed by atoms with Crippen LogP contribution in [0.2, 0.25) is 0 Å². The number of benzene rings is 1. The number of aromatic nitrogens is 3. The van der Waals surface area contributed by atoms with Gasteiger partial charge in [-0.3, -0.25) is 0 Å². The Bertz CT molecular complexity index is 826. The van der Waals surface area contributed by atoms with Crippen LogP contribution in [0, 0.1) is 30.2 Å². The van der Waals surface area contributed by atoms with Crippen molar-refractivity contribution < 1.29 is 17.6 Å². The second-order valence-corrected chi connectivity index (χ2v) is 4.24. The molecule has 3 aromatic rings. The Morgan fingerprint density at radius 1 is 1.00 bits per heavy atom. The third-order valence-electron chi connectivity index (χ3n) is 3.05. The van der Waals surface area contributed by atoms with Crippen LogP contribution in [-0.4, -0.2) is 14.6 Å². The normalized spacial score (nSPS) is 11.2. The van der Waals surface area contributed by atoms with E-state index in [0.29, 0.717) is 6.07 Å². The van der Waals surface area contributed by atoms with Crippen LogP contribution >= 0.6 is 0 Å². The van der Waals surface area contributed by atoms with Crippen LogP contribution in [0.5, 0.6) is 0 Å². The van der Waals surface area contributed by atoms with Gasteiger partial charge >= 0.3 is 0 Å². The summed E-state index contributed by atoms with van der Waals surface area (Å²) in [4.78, 5) is 3.64. The molecular weight excluding hydrogens is 274 g/mol. The van der Waals surface area contributed by atoms with Crippen molar-refractivity contribution in [1.29, 1.82) is 0 Å². The predicted octanol–water partition coefficient (Wildman–Crippen LogP) is 3.26. The molecule has 0 fully saturated rings. The van der Waals surface area contributed by atoms with Crippen molar-refractivity contribution in [2.45, 2.75) is 6.92 Å². The van der Waals surface area contributed by atoms with Crippen molar-refractivity contribution >= 4 is 5.52 Å². The molecule has 0 bridgehead atoms. The summed E-state index contributed by atoms with van der Waals surface area (Å²) >= 11 is 0. The summed E-state index contributed by atoms with van der Waals surface area (Å²) in [6.45, 7) is 1.18. The second-order valence-electron chi connectivity index (χ2n) is 4.24. The standard InChI is InChI=1S/C13H7F4N3/c1-6-7(14)2-9(16)12(13(6)17)10-3-8(15)11-4-18-5-19-20(10)11/h2-5H,1H3. The van der Waals surface area contributed by atoms with E-state index in [1.807, 2.05) is 0 Å². The molecule has 7 heteroatoms. The summed E-state index contributed by atoms with van der Waals surface area (Å²) in [6, 6.07) is 1.50. The molecule has 1 aromatic carbocycles. The van der Waals surface area contributed by atoms with Gasteiger partial charge < -0.3 is 0 Å². The zero-order chi connectivity index (χ0) is 14.4. The van der Waals surface area contributed by atoms with E-state index in [1.165, 1.54) is 13.1 Å². The molecule has 20 heavy (non-hydrogen) atoms. The highest BCUT2D eigenvalue weighted by Crippen LogP contribution is 2.31. The van der Waals surface area contributed by atoms with Gasteiger partial charge in [-0.05, 0) is 6.92 Å². The van der Waals surface area contributed by atoms with Crippen LogP contribution in [0.3, 0.4) is 0 Å². The van der Waals surface area contributed by atoms with Crippen molar-refractivity contribution in [2.24, 2.45) is 0 Å². The van der Waals surface area contributed by atoms with Crippen molar-refractivity contribution in [3.63, 3.8) is 0 Å². The van der Waals surface area contributed by atoms with E-state index < -0.39 is 28.8 Å². The van der Waals surface area contributed by atoms with E-state index >= 15 is 0 Å². The Kier molecular flexibility index (Phi) is 2.70. The molecule has 3 nitrogen and oxygen atoms in total. The van der Waals surface area contributed by atoms with Gasteiger partial charge in [0.2, 0.25) is 0 Å². The summed E-state index contributed by atoms with van der Waals surface area (Å²) in [5.74, 6) is -3.93. The van der Waals surface area contributed by atoms with E-state index in [4.69, 9.17) is 0 Å². The Morgan fingerprint density at radius 3 is 2.50 bits per heavy atom. The average Bonchev–Trinajstić information content (AvgIpc) is 2.75. The molecule has 2 heterocycles. The zero-order valence-electron chi connectivity index (χ0n) is 10.2. The van der Waals surface area contributed by atoms with Gasteiger partial charge in [-0.2, -0.15) is 5.10 Å². The fourth-order valence-corrected chi connectivity index (χ4v) is 2.01. The third kappa shape index (κ3) is 1.66. The number of halogens is 4. The summed E-state index contributed by atoms with van der Waals surface area (Å²) in [6.07, 6.45) is 2.29. The lowest BCUT2D eigenvalue weighted by molar-refractivity contribution is 0.536. The smallest absolute Gasteiger partial charge is 0.152 e. The maximum atomic E-state index is 14.1. The van der Waals surface area contributed by atoms with Crippen LogP contribution in [0.4, 0.5) is 17.6 Å². The molecule has 0 amide bonds. The van der Waals surface area contributed by atoms with E-state index in [-0.39, 0.29) is 16.8 Å². The molecule has 0 radical (unpaired) electrons. The average molecular weight is 281 g/mol. The zero-order valence-corrected chi connectivity index (χ0v) is 10.2. The first-order valence-corrected chi connectivity index (χ1v) is 5.62. The van der Waals surface area contributed by atoms with Gasteiger partial charge in [-0.1, -0.05) is 0 Å². The molecule has 0 saturated carbocycles. The van der Waals surface area contributed by atoms with E-state index in [0.717, 1.165) is 16.9 Å². The summed E-state index contributed by atoms with van der Waals surface area (Å²) in [5.41, 5.74) is -1.03. The largest absolute Gasteiger partial charge is 0.241 e. The quantitative estimate of drug-likeness (QED) is 0.641. The first kappa shape index (κ1) is 12.6. The third-order valence-corrected chi connectivity index (χ3v) is 3.05. The first-order valence-electron chi connectivity index (χ1n) is 5.62. The minimum Gasteiger partial charge on any atom is -0.241 e. The van der Waals surface area contributed by atoms with Gasteiger partial charge in [-0.25, -0.2) is 27.1 Å². The number of nitrogens with zero attached hydrogens (tertiary/aromatic N) is 3. The van der Waals surface area contributed by atoms with Gasteiger partial charge in [0.05, 0.1) is 17.5 Å². The first-order chi connectivity index (χ1) is 9.50. The topological polar surface area (TPSA) is 30.2 Å². The Hall–Kier alpha value is -2.44. The summed E-state index contributed by atoms with van der Waals surface area (Å²) < 4.78 is 55.9. The molecule has 0 saturated heterocycles. The summed E-state index contributed by atoms with van der Waals surface area (Å²) in [5, 5.41) is 3.75. The fourth-order valence-electron chi connectivity index (χ4n) is 2.01. The molecule has 0 spiro atoms. The SMILES string of the molecule is Cc1c(F)cc(F)c(-c2cc(F)c3cncnn23)c1F. The minimum atomic E-state index is -1.12. The maximum Gasteiger partial charge on any atom is 0.152 e. The molecule has 0 aliphatic rings. The molecule has 0 aliphatic heterocycles. The minimum absolute atomic E-state index is 0.0247. The van der Waals surface area contributed by atoms with Crippen LogP contribution < -0.4 is 0 Å². The molecule has 102 valence electrons. The lowest BCUT2D eigenvalue weighted by Gasteiger charge is -2.08. The monoisotopic (exact) mass is 281 g/mol. The highest BCUT2D eigenvalue weighted by Gasteiger charge is 2.22.